The summed E-state index contributed by atoms with van der Waals surface area (Å²) >= 11 is 0. The molecule has 0 aliphatic carbocycles. The molecule has 13 heavy (non-hydrogen) atoms. The van der Waals surface area contributed by atoms with Crippen LogP contribution < -0.4 is 0 Å². The quantitative estimate of drug-likeness (QED) is 0.611. The summed E-state index contributed by atoms with van der Waals surface area (Å²) in [5, 5.41) is 0. The van der Waals surface area contributed by atoms with Crippen molar-refractivity contribution < 1.29 is 9.59 Å². The Labute approximate surface area is 78.6 Å². The van der Waals surface area contributed by atoms with Gasteiger partial charge in [-0.15, -0.1) is 0 Å². The Morgan fingerprint density at radius 1 is 0.846 bits per heavy atom. The molecule has 2 nitrogen and oxygen atoms in total. The van der Waals surface area contributed by atoms with Crippen molar-refractivity contribution in [1.82, 2.24) is 0 Å². The van der Waals surface area contributed by atoms with Gasteiger partial charge in [-0.25, -0.2) is 0 Å². The van der Waals surface area contributed by atoms with Gasteiger partial charge in [-0.2, -0.15) is 9.59 Å². The fourth-order valence-corrected chi connectivity index (χ4v) is 1.09. The van der Waals surface area contributed by atoms with E-state index in [0.717, 1.165) is 0 Å². The van der Waals surface area contributed by atoms with Crippen molar-refractivity contribution in [2.75, 3.05) is 0 Å². The van der Waals surface area contributed by atoms with Crippen LogP contribution >= 0.6 is 0 Å². The lowest BCUT2D eigenvalue weighted by molar-refractivity contribution is -0.191. The predicted octanol–water partition coefficient (Wildman–Crippen LogP) is 2.34. The molecule has 0 unspecified atom stereocenters. The summed E-state index contributed by atoms with van der Waals surface area (Å²) in [6.07, 6.45) is 0.250. The maximum Gasteiger partial charge on any atom is 0.373 e. The topological polar surface area (TPSA) is 34.1 Å². The standard InChI is InChI=1S/C10H14.CO2/c1-7-5-6-8(2)10(4)9(7)3;2-1-3/h5-6H,1-4H3;. The lowest BCUT2D eigenvalue weighted by Crippen LogP contribution is -1.88. The van der Waals surface area contributed by atoms with Crippen molar-refractivity contribution >= 4 is 6.15 Å². The van der Waals surface area contributed by atoms with E-state index in [0.29, 0.717) is 0 Å². The number of carbonyl (C=O) groups excluding carboxylic acids is 2. The summed E-state index contributed by atoms with van der Waals surface area (Å²) in [5.41, 5.74) is 5.64. The number of hydrogen-bond donors (Lipinski definition) is 0. The molecule has 0 amide bonds. The van der Waals surface area contributed by atoms with Crippen molar-refractivity contribution in [2.24, 2.45) is 0 Å². The minimum Gasteiger partial charge on any atom is -0.186 e. The van der Waals surface area contributed by atoms with Gasteiger partial charge in [0.25, 0.3) is 0 Å². The minimum absolute atomic E-state index is 0.250. The van der Waals surface area contributed by atoms with E-state index in [1.54, 1.807) is 0 Å². The summed E-state index contributed by atoms with van der Waals surface area (Å²) in [7, 11) is 0. The Morgan fingerprint density at radius 2 is 1.08 bits per heavy atom. The second-order valence-corrected chi connectivity index (χ2v) is 3.03. The molecule has 0 aliphatic rings. The Morgan fingerprint density at radius 3 is 1.31 bits per heavy atom. The molecule has 0 saturated carbocycles. The van der Waals surface area contributed by atoms with E-state index in [1.807, 2.05) is 0 Å². The maximum atomic E-state index is 8.12. The van der Waals surface area contributed by atoms with Crippen LogP contribution in [0.2, 0.25) is 0 Å². The van der Waals surface area contributed by atoms with Crippen LogP contribution in [0.25, 0.3) is 0 Å². The van der Waals surface area contributed by atoms with Gasteiger partial charge in [0.2, 0.25) is 0 Å². The summed E-state index contributed by atoms with van der Waals surface area (Å²) < 4.78 is 0. The molecule has 0 atom stereocenters. The molecule has 0 aliphatic heterocycles. The van der Waals surface area contributed by atoms with Crippen LogP contribution in [0.15, 0.2) is 12.1 Å². The molecule has 1 rings (SSSR count). The van der Waals surface area contributed by atoms with Gasteiger partial charge >= 0.3 is 6.15 Å². The summed E-state index contributed by atoms with van der Waals surface area (Å²) in [6, 6.07) is 4.36. The van der Waals surface area contributed by atoms with Crippen molar-refractivity contribution in [3.05, 3.63) is 34.4 Å². The molecule has 0 heterocycles. The average molecular weight is 178 g/mol. The van der Waals surface area contributed by atoms with Crippen molar-refractivity contribution in [3.63, 3.8) is 0 Å². The molecule has 1 aromatic carbocycles. The van der Waals surface area contributed by atoms with Crippen LogP contribution in [0.4, 0.5) is 0 Å². The number of benzene rings is 1. The van der Waals surface area contributed by atoms with Gasteiger partial charge in [0.15, 0.2) is 0 Å². The van der Waals surface area contributed by atoms with Crippen LogP contribution in [0.3, 0.4) is 0 Å². The van der Waals surface area contributed by atoms with Crippen LogP contribution in [0.1, 0.15) is 22.3 Å². The lowest BCUT2D eigenvalue weighted by Gasteiger charge is -2.06. The van der Waals surface area contributed by atoms with E-state index in [4.69, 9.17) is 9.59 Å². The number of hydrogen-bond acceptors (Lipinski definition) is 2. The zero-order chi connectivity index (χ0) is 10.4. The van der Waals surface area contributed by atoms with Gasteiger partial charge in [-0.1, -0.05) is 12.1 Å². The Bertz CT molecular complexity index is 294. The zero-order valence-electron chi connectivity index (χ0n) is 8.47. The van der Waals surface area contributed by atoms with Gasteiger partial charge in [0.05, 0.1) is 0 Å². The molecule has 0 bridgehead atoms. The number of aryl methyl sites for hydroxylation is 2. The monoisotopic (exact) mass is 178 g/mol. The molecule has 0 spiro atoms. The molecule has 0 radical (unpaired) electrons. The molecular formula is C11H14O2. The highest BCUT2D eigenvalue weighted by Crippen LogP contribution is 2.15. The van der Waals surface area contributed by atoms with Gasteiger partial charge in [0.1, 0.15) is 0 Å². The highest BCUT2D eigenvalue weighted by atomic mass is 16.2. The normalized spacial score (nSPS) is 8.31. The molecule has 0 fully saturated rings. The van der Waals surface area contributed by atoms with Gasteiger partial charge in [0, 0.05) is 0 Å². The molecule has 70 valence electrons. The molecule has 0 aromatic heterocycles. The summed E-state index contributed by atoms with van der Waals surface area (Å²) in [5.74, 6) is 0. The molecule has 0 N–H and O–H groups in total. The first-order valence-electron chi connectivity index (χ1n) is 4.07. The second kappa shape index (κ2) is 5.28. The predicted molar refractivity (Wildman–Crippen MR) is 50.4 cm³/mol. The van der Waals surface area contributed by atoms with Gasteiger partial charge in [-0.05, 0) is 49.9 Å². The molecular weight excluding hydrogens is 164 g/mol. The van der Waals surface area contributed by atoms with Crippen LogP contribution in [-0.4, -0.2) is 6.15 Å². The highest BCUT2D eigenvalue weighted by molar-refractivity contribution is 5.37. The van der Waals surface area contributed by atoms with E-state index in [9.17, 15) is 0 Å². The summed E-state index contributed by atoms with van der Waals surface area (Å²) in [6.45, 7) is 8.67. The first-order valence-corrected chi connectivity index (χ1v) is 4.07. The fraction of sp³-hybridized carbons (Fsp3) is 0.364. The first-order chi connectivity index (χ1) is 6.04. The SMILES string of the molecule is Cc1ccc(C)c(C)c1C.O=C=O. The van der Waals surface area contributed by atoms with E-state index in [1.165, 1.54) is 22.3 Å². The lowest BCUT2D eigenvalue weighted by atomic mass is 10.0. The largest absolute Gasteiger partial charge is 0.373 e. The third kappa shape index (κ3) is 3.22. The summed E-state index contributed by atoms with van der Waals surface area (Å²) in [4.78, 5) is 16.2. The minimum atomic E-state index is 0.250. The molecule has 2 heteroatoms. The smallest absolute Gasteiger partial charge is 0.186 e. The van der Waals surface area contributed by atoms with E-state index >= 15 is 0 Å². The van der Waals surface area contributed by atoms with Crippen molar-refractivity contribution in [2.45, 2.75) is 27.7 Å². The Balaban J connectivity index is 0.000000424. The highest BCUT2D eigenvalue weighted by Gasteiger charge is 1.97. The molecule has 1 aromatic rings. The maximum absolute atomic E-state index is 8.12. The van der Waals surface area contributed by atoms with E-state index in [2.05, 4.69) is 39.8 Å². The van der Waals surface area contributed by atoms with Crippen LogP contribution in [0.5, 0.6) is 0 Å². The third-order valence-corrected chi connectivity index (χ3v) is 2.33. The van der Waals surface area contributed by atoms with Gasteiger partial charge < -0.3 is 0 Å². The van der Waals surface area contributed by atoms with Crippen molar-refractivity contribution in [3.8, 4) is 0 Å². The average Bonchev–Trinajstić information content (AvgIpc) is 2.10. The van der Waals surface area contributed by atoms with Crippen LogP contribution in [-0.2, 0) is 9.59 Å². The fourth-order valence-electron chi connectivity index (χ4n) is 1.09. The number of rotatable bonds is 0. The Hall–Kier alpha value is -1.40. The van der Waals surface area contributed by atoms with Crippen molar-refractivity contribution in [1.29, 1.82) is 0 Å². The van der Waals surface area contributed by atoms with E-state index in [-0.39, 0.29) is 6.15 Å². The Kier molecular flexibility index (Phi) is 4.71. The van der Waals surface area contributed by atoms with Crippen LogP contribution in [0, 0.1) is 27.7 Å². The molecule has 0 saturated heterocycles. The zero-order valence-corrected chi connectivity index (χ0v) is 8.47. The first kappa shape index (κ1) is 11.6. The van der Waals surface area contributed by atoms with E-state index < -0.39 is 0 Å². The van der Waals surface area contributed by atoms with Gasteiger partial charge in [-0.3, -0.25) is 0 Å². The second-order valence-electron chi connectivity index (χ2n) is 3.03. The third-order valence-electron chi connectivity index (χ3n) is 2.33.